The number of nitrogens with zero attached hydrogens (tertiary/aromatic N) is 4. The summed E-state index contributed by atoms with van der Waals surface area (Å²) in [4.78, 5) is 51.6. The van der Waals surface area contributed by atoms with Gasteiger partial charge in [0.2, 0.25) is 17.6 Å². The number of likely N-dealkylation sites (tertiary alicyclic amines) is 1. The summed E-state index contributed by atoms with van der Waals surface area (Å²) in [6, 6.07) is -1.06. The normalized spacial score (nSPS) is 18.6. The van der Waals surface area contributed by atoms with E-state index in [0.717, 1.165) is 9.80 Å². The molecule has 14 nitrogen and oxygen atoms in total. The summed E-state index contributed by atoms with van der Waals surface area (Å²) < 4.78 is 106. The highest BCUT2D eigenvalue weighted by Crippen LogP contribution is 2.37. The van der Waals surface area contributed by atoms with Crippen molar-refractivity contribution >= 4 is 23.8 Å². The molecule has 2 aliphatic rings. The van der Waals surface area contributed by atoms with E-state index >= 15 is 0 Å². The molecule has 2 amide bonds. The number of rotatable bonds is 7. The quantitative estimate of drug-likeness (QED) is 0.233. The predicted molar refractivity (Wildman–Crippen MR) is 125 cm³/mol. The summed E-state index contributed by atoms with van der Waals surface area (Å²) in [6.07, 6.45) is -16.8. The third-order valence-corrected chi connectivity index (χ3v) is 6.12. The number of hydrogen-bond acceptors (Lipinski definition) is 9. The summed E-state index contributed by atoms with van der Waals surface area (Å²) >= 11 is 0. The van der Waals surface area contributed by atoms with E-state index in [1.54, 1.807) is 0 Å². The lowest BCUT2D eigenvalue weighted by atomic mass is 10.0. The van der Waals surface area contributed by atoms with Crippen molar-refractivity contribution in [2.75, 3.05) is 19.6 Å². The third-order valence-electron chi connectivity index (χ3n) is 6.12. The fourth-order valence-corrected chi connectivity index (χ4v) is 4.04. The van der Waals surface area contributed by atoms with E-state index < -0.39 is 115 Å². The van der Waals surface area contributed by atoms with Crippen LogP contribution in [0.25, 0.3) is 0 Å². The van der Waals surface area contributed by atoms with E-state index in [2.05, 4.69) is 9.97 Å². The number of carbonyl (C=O) groups excluding carboxylic acids is 2. The van der Waals surface area contributed by atoms with Crippen molar-refractivity contribution in [3.63, 3.8) is 0 Å². The Morgan fingerprint density at radius 1 is 0.955 bits per heavy atom. The van der Waals surface area contributed by atoms with Crippen molar-refractivity contribution < 1.29 is 80.2 Å². The molecule has 0 radical (unpaired) electrons. The summed E-state index contributed by atoms with van der Waals surface area (Å²) in [6.45, 7) is -2.07. The maximum absolute atomic E-state index is 13.5. The Kier molecular flexibility index (Phi) is 12.5. The first-order valence-electron chi connectivity index (χ1n) is 12.1. The van der Waals surface area contributed by atoms with Gasteiger partial charge in [0, 0.05) is 44.0 Å². The number of aliphatic hydroxyl groups excluding tert-OH is 2. The minimum atomic E-state index is -5.23. The molecule has 0 aliphatic carbocycles. The lowest BCUT2D eigenvalue weighted by Gasteiger charge is -2.34. The highest BCUT2D eigenvalue weighted by atomic mass is 19.4. The number of aromatic nitrogens is 2. The molecule has 1 saturated heterocycles. The number of carbonyl (C=O) groups is 4. The van der Waals surface area contributed by atoms with Crippen LogP contribution >= 0.6 is 0 Å². The Bertz CT molecular complexity index is 1210. The maximum atomic E-state index is 13.5. The largest absolute Gasteiger partial charge is 0.479 e. The van der Waals surface area contributed by atoms with Gasteiger partial charge in [-0.3, -0.25) is 9.59 Å². The molecule has 0 bridgehead atoms. The van der Waals surface area contributed by atoms with Gasteiger partial charge in [0.1, 0.15) is 0 Å². The number of piperidine rings is 1. The number of alkyl halides is 8. The molecule has 0 aromatic carbocycles. The molecule has 3 rings (SSSR count). The molecule has 1 fully saturated rings. The predicted octanol–water partition coefficient (Wildman–Crippen LogP) is -0.573. The van der Waals surface area contributed by atoms with Gasteiger partial charge in [0.15, 0.2) is 17.9 Å². The van der Waals surface area contributed by atoms with Crippen molar-refractivity contribution in [3.05, 3.63) is 22.8 Å². The molecule has 0 spiro atoms. The van der Waals surface area contributed by atoms with Crippen molar-refractivity contribution in [3.8, 4) is 0 Å². The van der Waals surface area contributed by atoms with Gasteiger partial charge in [-0.15, -0.1) is 0 Å². The Hall–Kier alpha value is -3.76. The molecule has 44 heavy (non-hydrogen) atoms. The van der Waals surface area contributed by atoms with E-state index in [1.165, 1.54) is 0 Å². The summed E-state index contributed by atoms with van der Waals surface area (Å²) in [5, 5.41) is 32.5. The Labute approximate surface area is 241 Å². The SMILES string of the molecule is N[C@@H](CC(=O)N1CCc2c(nc(C(F)(F)F)nc2C(F)(F)F)C1)CN1CC(F)(F)CCC1=O.O.O=C(O)[C@H](O)[C@@H](O)C(=O)O. The molecule has 0 saturated carbocycles. The monoisotopic (exact) mass is 657 g/mol. The van der Waals surface area contributed by atoms with Crippen LogP contribution < -0.4 is 5.73 Å². The van der Waals surface area contributed by atoms with Crippen molar-refractivity contribution in [1.29, 1.82) is 0 Å². The fraction of sp³-hybridized carbons (Fsp3) is 0.636. The average Bonchev–Trinajstić information content (AvgIpc) is 2.87. The molecule has 2 aliphatic heterocycles. The fourth-order valence-electron chi connectivity index (χ4n) is 4.04. The second-order valence-corrected chi connectivity index (χ2v) is 9.54. The number of nitrogens with two attached hydrogens (primary N) is 1. The van der Waals surface area contributed by atoms with E-state index in [1.807, 2.05) is 0 Å². The summed E-state index contributed by atoms with van der Waals surface area (Å²) in [5.41, 5.74) is 3.01. The molecule has 0 unspecified atom stereocenters. The van der Waals surface area contributed by atoms with Crippen LogP contribution in [0.15, 0.2) is 0 Å². The smallest absolute Gasteiger partial charge is 0.451 e. The lowest BCUT2D eigenvalue weighted by molar-refractivity contribution is -0.165. The molecular weight excluding hydrogens is 630 g/mol. The van der Waals surface area contributed by atoms with Gasteiger partial charge < -0.3 is 41.4 Å². The molecule has 250 valence electrons. The number of fused-ring (bicyclic) bond motifs is 1. The second-order valence-electron chi connectivity index (χ2n) is 9.54. The number of aliphatic carboxylic acids is 2. The van der Waals surface area contributed by atoms with Crippen molar-refractivity contribution in [2.24, 2.45) is 5.73 Å². The zero-order valence-corrected chi connectivity index (χ0v) is 22.2. The molecular formula is C22H27F8N5O9. The van der Waals surface area contributed by atoms with Crippen LogP contribution in [0.5, 0.6) is 0 Å². The zero-order chi connectivity index (χ0) is 33.1. The standard InChI is InChI=1S/C18H19F8N5O2.C4H6O6.H2O/c19-16(20)3-1-12(32)31(8-16)6-9(27)5-13(33)30-4-2-10-11(7-30)28-15(18(24,25)26)29-14(10)17(21,22)23;5-1(3(7)8)2(6)4(9)10;/h9H,1-8,27H2;1-2,5-6H,(H,7,8)(H,9,10);1H2/t9-;1-,2-;/m01./s1. The van der Waals surface area contributed by atoms with Crippen LogP contribution in [0.1, 0.15) is 42.0 Å². The zero-order valence-electron chi connectivity index (χ0n) is 22.2. The third kappa shape index (κ3) is 10.2. The first-order valence-corrected chi connectivity index (χ1v) is 12.1. The van der Waals surface area contributed by atoms with Crippen molar-refractivity contribution in [2.45, 2.75) is 68.8 Å². The van der Waals surface area contributed by atoms with E-state index in [9.17, 15) is 54.3 Å². The van der Waals surface area contributed by atoms with Gasteiger partial charge in [-0.25, -0.2) is 28.3 Å². The maximum Gasteiger partial charge on any atom is 0.451 e. The summed E-state index contributed by atoms with van der Waals surface area (Å²) in [7, 11) is 0. The van der Waals surface area contributed by atoms with Crippen molar-refractivity contribution in [1.82, 2.24) is 19.8 Å². The number of carboxylic acid groups (broad SMARTS) is 2. The molecule has 8 N–H and O–H groups in total. The van der Waals surface area contributed by atoms with Gasteiger partial charge >= 0.3 is 24.3 Å². The van der Waals surface area contributed by atoms with Gasteiger partial charge in [0.05, 0.1) is 18.8 Å². The van der Waals surface area contributed by atoms with E-state index in [-0.39, 0.29) is 25.0 Å². The van der Waals surface area contributed by atoms with Crippen LogP contribution in [0.2, 0.25) is 0 Å². The molecule has 3 heterocycles. The average molecular weight is 657 g/mol. The van der Waals surface area contributed by atoms with E-state index in [0.29, 0.717) is 0 Å². The topological polar surface area (TPSA) is 239 Å². The lowest BCUT2D eigenvalue weighted by Crippen LogP contribution is -2.51. The highest BCUT2D eigenvalue weighted by Gasteiger charge is 2.44. The van der Waals surface area contributed by atoms with Crippen LogP contribution in [-0.2, 0) is 44.5 Å². The summed E-state index contributed by atoms with van der Waals surface area (Å²) in [5.74, 6) is -9.86. The molecule has 3 atom stereocenters. The molecule has 1 aromatic heterocycles. The first kappa shape index (κ1) is 38.3. The number of amides is 2. The number of aliphatic hydroxyl groups is 2. The minimum absolute atomic E-state index is 0. The number of hydrogen-bond donors (Lipinski definition) is 5. The first-order chi connectivity index (χ1) is 19.5. The van der Waals surface area contributed by atoms with Gasteiger partial charge in [-0.2, -0.15) is 26.3 Å². The highest BCUT2D eigenvalue weighted by molar-refractivity contribution is 5.83. The van der Waals surface area contributed by atoms with E-state index in [4.69, 9.17) is 26.2 Å². The molecule has 1 aromatic rings. The number of carboxylic acids is 2. The van der Waals surface area contributed by atoms with Gasteiger partial charge in [-0.1, -0.05) is 0 Å². The van der Waals surface area contributed by atoms with Gasteiger partial charge in [-0.05, 0) is 6.42 Å². The Morgan fingerprint density at radius 3 is 1.98 bits per heavy atom. The van der Waals surface area contributed by atoms with Crippen LogP contribution in [0.4, 0.5) is 35.1 Å². The van der Waals surface area contributed by atoms with Crippen LogP contribution in [-0.4, -0.2) is 113 Å². The number of halogens is 8. The molecule has 22 heteroatoms. The minimum Gasteiger partial charge on any atom is -0.479 e. The Morgan fingerprint density at radius 2 is 1.50 bits per heavy atom. The van der Waals surface area contributed by atoms with Gasteiger partial charge in [0.25, 0.3) is 5.92 Å². The van der Waals surface area contributed by atoms with Crippen LogP contribution in [0, 0.1) is 0 Å². The Balaban J connectivity index is 0.000000758. The van der Waals surface area contributed by atoms with Crippen LogP contribution in [0.3, 0.4) is 0 Å². The second kappa shape index (κ2) is 14.3.